The van der Waals surface area contributed by atoms with Crippen molar-refractivity contribution < 1.29 is 76.3 Å². The average Bonchev–Trinajstić information content (AvgIpc) is 1.65. The van der Waals surface area contributed by atoms with Crippen LogP contribution in [-0.2, 0) is 4.79 Å². The molecule has 7 heteroatoms. The van der Waals surface area contributed by atoms with Crippen molar-refractivity contribution in [3.05, 3.63) is 0 Å². The number of hydrogen-bond donors (Lipinski definition) is 2. The van der Waals surface area contributed by atoms with Gasteiger partial charge in [0.25, 0.3) is 0 Å². The van der Waals surface area contributed by atoms with Crippen LogP contribution in [0.5, 0.6) is 0 Å². The Hall–Kier alpha value is 0.856. The monoisotopic (exact) mass is 238 g/mol. The molecule has 0 aromatic carbocycles. The number of alkyl halides is 1. The van der Waals surface area contributed by atoms with E-state index in [2.05, 4.69) is 15.9 Å². The van der Waals surface area contributed by atoms with E-state index in [0.717, 1.165) is 0 Å². The number of aliphatic carboxylic acids is 1. The van der Waals surface area contributed by atoms with Crippen molar-refractivity contribution in [3.8, 4) is 0 Å². The number of halogens is 1. The molecule has 0 aromatic heterocycles. The molecule has 0 rings (SSSR count). The Morgan fingerprint density at radius 2 is 1.50 bits per heavy atom. The van der Waals surface area contributed by atoms with Crippen molar-refractivity contribution in [2.75, 3.05) is 5.33 Å². The van der Waals surface area contributed by atoms with Gasteiger partial charge in [0.05, 0.1) is 5.97 Å². The molecule has 10 heavy (non-hydrogen) atoms. The molecule has 0 atom stereocenters. The molecule has 54 valence electrons. The van der Waals surface area contributed by atoms with Gasteiger partial charge in [-0.05, 0) is 0 Å². The van der Waals surface area contributed by atoms with E-state index in [-0.39, 0.29) is 56.7 Å². The van der Waals surface area contributed by atoms with Crippen LogP contribution < -0.4 is 56.5 Å². The Kier molecular flexibility index (Phi) is 21.4. The maximum atomic E-state index is 9.21. The number of carboxylic acids is 1. The number of carbonyl (C=O) groups excluding carboxylic acids is 1. The maximum Gasteiger partial charge on any atom is 1.00 e. The summed E-state index contributed by atoms with van der Waals surface area (Å²) in [5.74, 6) is -1.08. The third-order valence-corrected chi connectivity index (χ3v) is 0.567. The molecule has 0 fully saturated rings. The first-order valence-corrected chi connectivity index (χ1v) is 2.80. The van der Waals surface area contributed by atoms with Crippen LogP contribution in [-0.4, -0.2) is 27.7 Å². The van der Waals surface area contributed by atoms with Crippen LogP contribution >= 0.6 is 15.9 Å². The smallest absolute Gasteiger partial charge is 0.549 e. The second-order valence-electron chi connectivity index (χ2n) is 0.788. The molecule has 0 amide bonds. The van der Waals surface area contributed by atoms with Crippen LogP contribution in [0.1, 0.15) is 0 Å². The Morgan fingerprint density at radius 1 is 1.40 bits per heavy atom. The molecule has 5 nitrogen and oxygen atoms in total. The molecule has 0 unspecified atom stereocenters. The Morgan fingerprint density at radius 3 is 1.50 bits per heavy atom. The van der Waals surface area contributed by atoms with Crippen LogP contribution in [0.15, 0.2) is 0 Å². The minimum Gasteiger partial charge on any atom is -0.549 e. The number of carbonyl (C=O) groups is 2. The summed E-state index contributed by atoms with van der Waals surface area (Å²) in [6.07, 6.45) is -1.83. The zero-order valence-corrected chi connectivity index (χ0v) is 9.91. The van der Waals surface area contributed by atoms with Crippen molar-refractivity contribution >= 4 is 28.1 Å². The van der Waals surface area contributed by atoms with E-state index in [1.54, 1.807) is 0 Å². The second kappa shape index (κ2) is 12.5. The Bertz CT molecular complexity index is 101. The van der Waals surface area contributed by atoms with Crippen LogP contribution in [0, 0.1) is 0 Å². The summed E-state index contributed by atoms with van der Waals surface area (Å²) >= 11 is 2.65. The van der Waals surface area contributed by atoms with Gasteiger partial charge in [0.1, 0.15) is 0 Å². The van der Waals surface area contributed by atoms with E-state index in [9.17, 15) is 9.90 Å². The summed E-state index contributed by atoms with van der Waals surface area (Å²) in [6.45, 7) is 0. The molecule has 0 heterocycles. The quantitative estimate of drug-likeness (QED) is 0.363. The molecule has 0 spiro atoms. The number of carboxylic acid groups (broad SMARTS) is 3. The predicted octanol–water partition coefficient (Wildman–Crippen LogP) is -3.64. The predicted molar refractivity (Wildman–Crippen MR) is 29.5 cm³/mol. The first-order chi connectivity index (χ1) is 4.00. The summed E-state index contributed by atoms with van der Waals surface area (Å²) in [4.78, 5) is 17.8. The molecule has 0 bridgehead atoms. The molecule has 2 N–H and O–H groups in total. The molecule has 0 saturated carbocycles. The Balaban J connectivity index is -0.0000000910. The third-order valence-electron chi connectivity index (χ3n) is 0.109. The van der Waals surface area contributed by atoms with E-state index < -0.39 is 12.1 Å². The fourth-order valence-corrected chi connectivity index (χ4v) is 0. The van der Waals surface area contributed by atoms with Crippen molar-refractivity contribution in [1.82, 2.24) is 0 Å². The first kappa shape index (κ1) is 17.1. The van der Waals surface area contributed by atoms with Gasteiger partial charge in [-0.2, -0.15) is 0 Å². The van der Waals surface area contributed by atoms with Crippen LogP contribution in [0.25, 0.3) is 0 Å². The van der Waals surface area contributed by atoms with Crippen LogP contribution in [0.3, 0.4) is 0 Å². The molecule has 0 aliphatic rings. The van der Waals surface area contributed by atoms with Crippen LogP contribution in [0.4, 0.5) is 4.79 Å². The normalized spacial score (nSPS) is 6.10. The molecular formula is C3H4BrKO5. The van der Waals surface area contributed by atoms with E-state index in [1.807, 2.05) is 0 Å². The third kappa shape index (κ3) is 67.0. The topological polar surface area (TPSA) is 97.7 Å². The molecule has 0 saturated heterocycles. The summed E-state index contributed by atoms with van der Waals surface area (Å²) in [6, 6.07) is 0. The standard InChI is InChI=1S/C2H3BrO2.CH2O3.K/c3-1-2(4)5;2-1(3)4;/h1H2,(H,4,5);(H2,2,3,4);/q;;+1/p-1. The summed E-state index contributed by atoms with van der Waals surface area (Å²) in [5.41, 5.74) is 0. The van der Waals surface area contributed by atoms with Gasteiger partial charge in [-0.3, -0.25) is 0 Å². The Labute approximate surface area is 108 Å². The largest absolute Gasteiger partial charge is 1.00 e. The van der Waals surface area contributed by atoms with E-state index in [4.69, 9.17) is 15.0 Å². The summed E-state index contributed by atoms with van der Waals surface area (Å²) in [7, 11) is 0. The number of hydrogen-bond acceptors (Lipinski definition) is 3. The van der Waals surface area contributed by atoms with E-state index in [1.165, 1.54) is 0 Å². The zero-order valence-electron chi connectivity index (χ0n) is 5.20. The van der Waals surface area contributed by atoms with Crippen molar-refractivity contribution in [1.29, 1.82) is 0 Å². The summed E-state index contributed by atoms with van der Waals surface area (Å²) < 4.78 is 0. The van der Waals surface area contributed by atoms with Crippen molar-refractivity contribution in [2.45, 2.75) is 0 Å². The SMILES string of the molecule is O=C(O)O.O=C([O-])CBr.[K+]. The zero-order chi connectivity index (χ0) is 7.86. The van der Waals surface area contributed by atoms with Crippen LogP contribution in [0.2, 0.25) is 0 Å². The van der Waals surface area contributed by atoms with Gasteiger partial charge < -0.3 is 20.1 Å². The fourth-order valence-electron chi connectivity index (χ4n) is 0. The van der Waals surface area contributed by atoms with Gasteiger partial charge in [0.15, 0.2) is 0 Å². The van der Waals surface area contributed by atoms with Gasteiger partial charge in [0, 0.05) is 5.33 Å². The minimum atomic E-state index is -1.83. The molecule has 0 aromatic rings. The van der Waals surface area contributed by atoms with Gasteiger partial charge >= 0.3 is 57.5 Å². The molecule has 0 radical (unpaired) electrons. The minimum absolute atomic E-state index is 0. The molecule has 0 aliphatic carbocycles. The number of rotatable bonds is 1. The second-order valence-corrected chi connectivity index (χ2v) is 1.35. The summed E-state index contributed by atoms with van der Waals surface area (Å²) in [5, 5.41) is 23.1. The maximum absolute atomic E-state index is 9.21. The van der Waals surface area contributed by atoms with Gasteiger partial charge in [0.2, 0.25) is 0 Å². The molecule has 0 aliphatic heterocycles. The molecular weight excluding hydrogens is 235 g/mol. The van der Waals surface area contributed by atoms with Crippen molar-refractivity contribution in [2.24, 2.45) is 0 Å². The van der Waals surface area contributed by atoms with Crippen molar-refractivity contribution in [3.63, 3.8) is 0 Å². The van der Waals surface area contributed by atoms with Gasteiger partial charge in [-0.15, -0.1) is 0 Å². The van der Waals surface area contributed by atoms with E-state index >= 15 is 0 Å². The van der Waals surface area contributed by atoms with Gasteiger partial charge in [-0.1, -0.05) is 15.9 Å². The average molecular weight is 239 g/mol. The van der Waals surface area contributed by atoms with E-state index in [0.29, 0.717) is 0 Å². The van der Waals surface area contributed by atoms with Gasteiger partial charge in [-0.25, -0.2) is 4.79 Å². The fraction of sp³-hybridized carbons (Fsp3) is 0.333. The first-order valence-electron chi connectivity index (χ1n) is 1.68.